The van der Waals surface area contributed by atoms with Crippen molar-refractivity contribution in [3.05, 3.63) is 17.2 Å². The number of hydrogen-bond donors (Lipinski definition) is 1. The number of sulfonamides is 1. The molecule has 0 saturated heterocycles. The van der Waals surface area contributed by atoms with Gasteiger partial charge in [-0.2, -0.15) is 0 Å². The normalized spacial score (nSPS) is 11.3. The third-order valence-corrected chi connectivity index (χ3v) is 4.05. The van der Waals surface area contributed by atoms with Crippen molar-refractivity contribution >= 4 is 21.6 Å². The zero-order valence-corrected chi connectivity index (χ0v) is 12.1. The Morgan fingerprint density at radius 3 is 2.33 bits per heavy atom. The predicted molar refractivity (Wildman–Crippen MR) is 70.0 cm³/mol. The summed E-state index contributed by atoms with van der Waals surface area (Å²) in [4.78, 5) is 0.0136. The van der Waals surface area contributed by atoms with Crippen LogP contribution in [0.3, 0.4) is 0 Å². The first-order chi connectivity index (χ1) is 8.46. The molecule has 0 aliphatic heterocycles. The summed E-state index contributed by atoms with van der Waals surface area (Å²) in [6, 6.07) is 2.76. The maximum absolute atomic E-state index is 12.1. The molecule has 0 radical (unpaired) electrons. The number of hydrogen-bond acceptors (Lipinski definition) is 4. The lowest BCUT2D eigenvalue weighted by molar-refractivity contribution is 0.392. The SMILES string of the molecule is CCCNS(=O)(=O)c1cc(OC)c(Cl)cc1OC. The molecule has 0 aliphatic rings. The van der Waals surface area contributed by atoms with E-state index in [1.807, 2.05) is 6.92 Å². The summed E-state index contributed by atoms with van der Waals surface area (Å²) in [7, 11) is -0.822. The van der Waals surface area contributed by atoms with Gasteiger partial charge in [0.15, 0.2) is 0 Å². The van der Waals surface area contributed by atoms with Crippen LogP contribution in [0.2, 0.25) is 5.02 Å². The van der Waals surface area contributed by atoms with E-state index in [4.69, 9.17) is 21.1 Å². The van der Waals surface area contributed by atoms with E-state index in [1.165, 1.54) is 26.4 Å². The number of methoxy groups -OCH3 is 2. The Morgan fingerprint density at radius 1 is 1.22 bits per heavy atom. The summed E-state index contributed by atoms with van der Waals surface area (Å²) < 4.78 is 36.6. The Hall–Kier alpha value is -0.980. The Balaban J connectivity index is 3.29. The number of nitrogens with one attached hydrogen (secondary N) is 1. The lowest BCUT2D eigenvalue weighted by Crippen LogP contribution is -2.24. The zero-order chi connectivity index (χ0) is 13.8. The van der Waals surface area contributed by atoms with E-state index in [9.17, 15) is 8.42 Å². The molecule has 0 atom stereocenters. The average molecular weight is 294 g/mol. The minimum Gasteiger partial charge on any atom is -0.495 e. The van der Waals surface area contributed by atoms with Crippen molar-refractivity contribution in [2.45, 2.75) is 18.2 Å². The molecule has 0 fully saturated rings. The van der Waals surface area contributed by atoms with Gasteiger partial charge >= 0.3 is 0 Å². The van der Waals surface area contributed by atoms with Crippen LogP contribution in [0.5, 0.6) is 11.5 Å². The minimum absolute atomic E-state index is 0.0136. The van der Waals surface area contributed by atoms with Gasteiger partial charge in [0.2, 0.25) is 10.0 Å². The molecule has 5 nitrogen and oxygen atoms in total. The Morgan fingerprint density at radius 2 is 1.83 bits per heavy atom. The summed E-state index contributed by atoms with van der Waals surface area (Å²) in [6.07, 6.45) is 0.701. The predicted octanol–water partition coefficient (Wildman–Crippen LogP) is 2.05. The molecule has 0 aromatic heterocycles. The van der Waals surface area contributed by atoms with Gasteiger partial charge in [0.1, 0.15) is 16.4 Å². The van der Waals surface area contributed by atoms with Crippen LogP contribution in [0.15, 0.2) is 17.0 Å². The molecule has 102 valence electrons. The highest BCUT2D eigenvalue weighted by Gasteiger charge is 2.21. The maximum atomic E-state index is 12.1. The number of ether oxygens (including phenoxy) is 2. The van der Waals surface area contributed by atoms with Crippen molar-refractivity contribution < 1.29 is 17.9 Å². The monoisotopic (exact) mass is 293 g/mol. The van der Waals surface area contributed by atoms with Crippen molar-refractivity contribution in [3.63, 3.8) is 0 Å². The van der Waals surface area contributed by atoms with Gasteiger partial charge < -0.3 is 9.47 Å². The van der Waals surface area contributed by atoms with Crippen molar-refractivity contribution in [1.82, 2.24) is 4.72 Å². The van der Waals surface area contributed by atoms with Gasteiger partial charge in [0.05, 0.1) is 19.2 Å². The molecule has 0 amide bonds. The van der Waals surface area contributed by atoms with Crippen LogP contribution < -0.4 is 14.2 Å². The quantitative estimate of drug-likeness (QED) is 0.872. The Bertz CT molecular complexity index is 516. The second-order valence-corrected chi connectivity index (χ2v) is 5.68. The maximum Gasteiger partial charge on any atom is 0.244 e. The van der Waals surface area contributed by atoms with E-state index >= 15 is 0 Å². The van der Waals surface area contributed by atoms with Gasteiger partial charge in [-0.1, -0.05) is 18.5 Å². The second kappa shape index (κ2) is 6.26. The molecule has 0 saturated carbocycles. The van der Waals surface area contributed by atoms with Crippen LogP contribution >= 0.6 is 11.6 Å². The summed E-state index contributed by atoms with van der Waals surface area (Å²) in [5.74, 6) is 0.471. The van der Waals surface area contributed by atoms with Gasteiger partial charge in [-0.15, -0.1) is 0 Å². The standard InChI is InChI=1S/C11H16ClNO4S/c1-4-5-13-18(14,15)11-7-9(16-2)8(12)6-10(11)17-3/h6-7,13H,4-5H2,1-3H3. The molecule has 0 bridgehead atoms. The molecule has 0 heterocycles. The Kier molecular flexibility index (Phi) is 5.25. The molecule has 1 N–H and O–H groups in total. The fraction of sp³-hybridized carbons (Fsp3) is 0.455. The number of rotatable bonds is 6. The van der Waals surface area contributed by atoms with E-state index < -0.39 is 10.0 Å². The molecule has 7 heteroatoms. The summed E-state index contributed by atoms with van der Waals surface area (Å²) in [6.45, 7) is 2.23. The van der Waals surface area contributed by atoms with Crippen LogP contribution in [0.1, 0.15) is 13.3 Å². The first-order valence-corrected chi connectivity index (χ1v) is 7.23. The summed E-state index contributed by atoms with van der Waals surface area (Å²) in [5, 5.41) is 0.295. The largest absolute Gasteiger partial charge is 0.495 e. The highest BCUT2D eigenvalue weighted by atomic mass is 35.5. The molecule has 0 spiro atoms. The van der Waals surface area contributed by atoms with Crippen molar-refractivity contribution in [3.8, 4) is 11.5 Å². The molecule has 1 aromatic rings. The van der Waals surface area contributed by atoms with Gasteiger partial charge in [-0.05, 0) is 6.42 Å². The summed E-state index contributed by atoms with van der Waals surface area (Å²) >= 11 is 5.91. The van der Waals surface area contributed by atoms with Crippen LogP contribution in [0, 0.1) is 0 Å². The van der Waals surface area contributed by atoms with E-state index in [0.29, 0.717) is 18.0 Å². The average Bonchev–Trinajstić information content (AvgIpc) is 2.35. The third kappa shape index (κ3) is 3.28. The molecular weight excluding hydrogens is 278 g/mol. The highest BCUT2D eigenvalue weighted by molar-refractivity contribution is 7.89. The molecule has 1 aromatic carbocycles. The van der Waals surface area contributed by atoms with E-state index in [0.717, 1.165) is 0 Å². The van der Waals surface area contributed by atoms with Crippen LogP contribution in [0.4, 0.5) is 0 Å². The van der Waals surface area contributed by atoms with Crippen molar-refractivity contribution in [2.75, 3.05) is 20.8 Å². The second-order valence-electron chi connectivity index (χ2n) is 3.54. The van der Waals surface area contributed by atoms with Crippen molar-refractivity contribution in [2.24, 2.45) is 0 Å². The fourth-order valence-electron chi connectivity index (χ4n) is 1.36. The topological polar surface area (TPSA) is 64.6 Å². The number of halogens is 1. The third-order valence-electron chi connectivity index (χ3n) is 2.27. The van der Waals surface area contributed by atoms with Gasteiger partial charge in [0.25, 0.3) is 0 Å². The van der Waals surface area contributed by atoms with E-state index in [-0.39, 0.29) is 16.4 Å². The summed E-state index contributed by atoms with van der Waals surface area (Å²) in [5.41, 5.74) is 0. The lowest BCUT2D eigenvalue weighted by atomic mass is 10.3. The van der Waals surface area contributed by atoms with Gasteiger partial charge in [-0.25, -0.2) is 13.1 Å². The number of benzene rings is 1. The lowest BCUT2D eigenvalue weighted by Gasteiger charge is -2.13. The van der Waals surface area contributed by atoms with Crippen LogP contribution in [-0.2, 0) is 10.0 Å². The van der Waals surface area contributed by atoms with Gasteiger partial charge in [0, 0.05) is 18.7 Å². The first kappa shape index (κ1) is 15.1. The molecule has 18 heavy (non-hydrogen) atoms. The fourth-order valence-corrected chi connectivity index (χ4v) is 2.89. The van der Waals surface area contributed by atoms with E-state index in [1.54, 1.807) is 0 Å². The first-order valence-electron chi connectivity index (χ1n) is 5.37. The molecule has 1 rings (SSSR count). The molecule has 0 aliphatic carbocycles. The highest BCUT2D eigenvalue weighted by Crippen LogP contribution is 2.34. The molecular formula is C11H16ClNO4S. The van der Waals surface area contributed by atoms with Gasteiger partial charge in [-0.3, -0.25) is 0 Å². The Labute approximate surface area is 112 Å². The van der Waals surface area contributed by atoms with Crippen LogP contribution in [0.25, 0.3) is 0 Å². The smallest absolute Gasteiger partial charge is 0.244 e. The zero-order valence-electron chi connectivity index (χ0n) is 10.5. The molecule has 0 unspecified atom stereocenters. The minimum atomic E-state index is -3.63. The van der Waals surface area contributed by atoms with Crippen LogP contribution in [-0.4, -0.2) is 29.2 Å². The van der Waals surface area contributed by atoms with Crippen molar-refractivity contribution in [1.29, 1.82) is 0 Å². The van der Waals surface area contributed by atoms with E-state index in [2.05, 4.69) is 4.72 Å².